The number of hydrogen-bond acceptors (Lipinski definition) is 4. The second kappa shape index (κ2) is 6.09. The highest BCUT2D eigenvalue weighted by molar-refractivity contribution is 5.92. The Bertz CT molecular complexity index is 861. The molecule has 0 bridgehead atoms. The molecular formula is C17H20N6O. The predicted molar refractivity (Wildman–Crippen MR) is 90.8 cm³/mol. The maximum absolute atomic E-state index is 12.7. The third-order valence-electron chi connectivity index (χ3n) is 4.64. The number of imidazole rings is 2. The summed E-state index contributed by atoms with van der Waals surface area (Å²) in [6, 6.07) is 6.10. The minimum Gasteiger partial charge on any atom is -0.337 e. The second-order valence-corrected chi connectivity index (χ2v) is 6.11. The van der Waals surface area contributed by atoms with Gasteiger partial charge in [0.05, 0.1) is 12.4 Å². The molecule has 4 heterocycles. The minimum absolute atomic E-state index is 0.0190. The third kappa shape index (κ3) is 2.56. The van der Waals surface area contributed by atoms with E-state index < -0.39 is 0 Å². The topological polar surface area (TPSA) is 78.3 Å². The highest BCUT2D eigenvalue weighted by Crippen LogP contribution is 2.19. The lowest BCUT2D eigenvalue weighted by molar-refractivity contribution is 0.0698. The molecule has 7 nitrogen and oxygen atoms in total. The average Bonchev–Trinajstić information content (AvgIpc) is 3.28. The van der Waals surface area contributed by atoms with Crippen LogP contribution in [0.3, 0.4) is 0 Å². The van der Waals surface area contributed by atoms with Crippen LogP contribution in [0.25, 0.3) is 17.2 Å². The summed E-state index contributed by atoms with van der Waals surface area (Å²) >= 11 is 0. The van der Waals surface area contributed by atoms with E-state index in [0.29, 0.717) is 11.5 Å². The lowest BCUT2D eigenvalue weighted by Crippen LogP contribution is -2.44. The highest BCUT2D eigenvalue weighted by atomic mass is 16.2. The van der Waals surface area contributed by atoms with Crippen LogP contribution in [-0.4, -0.2) is 56.3 Å². The second-order valence-electron chi connectivity index (χ2n) is 6.11. The van der Waals surface area contributed by atoms with Gasteiger partial charge < -0.3 is 15.2 Å². The van der Waals surface area contributed by atoms with Crippen molar-refractivity contribution < 1.29 is 4.79 Å². The normalized spacial score (nSPS) is 15.7. The molecule has 1 saturated heterocycles. The Balaban J connectivity index is 1.59. The van der Waals surface area contributed by atoms with Crippen LogP contribution in [-0.2, 0) is 0 Å². The van der Waals surface area contributed by atoms with Gasteiger partial charge in [0.15, 0.2) is 5.82 Å². The van der Waals surface area contributed by atoms with Crippen molar-refractivity contribution in [2.45, 2.75) is 18.9 Å². The molecule has 4 rings (SSSR count). The molecule has 1 aliphatic heterocycles. The fourth-order valence-electron chi connectivity index (χ4n) is 3.22. The number of rotatable bonds is 3. The van der Waals surface area contributed by atoms with Crippen LogP contribution >= 0.6 is 0 Å². The van der Waals surface area contributed by atoms with E-state index >= 15 is 0 Å². The van der Waals surface area contributed by atoms with Gasteiger partial charge in [-0.15, -0.1) is 0 Å². The molecule has 1 aliphatic rings. The first kappa shape index (κ1) is 14.9. The molecule has 0 aliphatic carbocycles. The van der Waals surface area contributed by atoms with Crippen molar-refractivity contribution >= 4 is 11.6 Å². The van der Waals surface area contributed by atoms with Gasteiger partial charge in [-0.05, 0) is 38.1 Å². The minimum atomic E-state index is -0.0190. The number of nitrogens with zero attached hydrogens (tertiary/aromatic N) is 4. The summed E-state index contributed by atoms with van der Waals surface area (Å²) in [7, 11) is 1.87. The molecule has 0 radical (unpaired) electrons. The molecule has 3 aromatic heterocycles. The summed E-state index contributed by atoms with van der Waals surface area (Å²) in [4.78, 5) is 26.4. The summed E-state index contributed by atoms with van der Waals surface area (Å²) in [5.41, 5.74) is 2.20. The number of H-pyrrole nitrogens is 1. The molecule has 0 unspecified atom stereocenters. The van der Waals surface area contributed by atoms with Gasteiger partial charge in [0.25, 0.3) is 5.91 Å². The fourth-order valence-corrected chi connectivity index (χ4v) is 3.22. The van der Waals surface area contributed by atoms with E-state index in [1.54, 1.807) is 12.4 Å². The van der Waals surface area contributed by atoms with E-state index in [9.17, 15) is 4.79 Å². The average molecular weight is 324 g/mol. The van der Waals surface area contributed by atoms with Crippen LogP contribution in [0, 0.1) is 0 Å². The molecule has 124 valence electrons. The zero-order chi connectivity index (χ0) is 16.5. The highest BCUT2D eigenvalue weighted by Gasteiger charge is 2.24. The van der Waals surface area contributed by atoms with E-state index in [0.717, 1.165) is 37.3 Å². The molecule has 1 fully saturated rings. The Morgan fingerprint density at radius 3 is 2.92 bits per heavy atom. The van der Waals surface area contributed by atoms with Gasteiger partial charge in [-0.25, -0.2) is 9.97 Å². The summed E-state index contributed by atoms with van der Waals surface area (Å²) < 4.78 is 1.95. The van der Waals surface area contributed by atoms with E-state index in [1.807, 2.05) is 40.7 Å². The van der Waals surface area contributed by atoms with Gasteiger partial charge in [0, 0.05) is 19.3 Å². The van der Waals surface area contributed by atoms with Crippen LogP contribution in [0.15, 0.2) is 36.8 Å². The van der Waals surface area contributed by atoms with Gasteiger partial charge in [0.2, 0.25) is 0 Å². The van der Waals surface area contributed by atoms with E-state index in [1.165, 1.54) is 0 Å². The van der Waals surface area contributed by atoms with Crippen LogP contribution in [0.1, 0.15) is 23.3 Å². The molecule has 0 spiro atoms. The molecule has 7 heteroatoms. The molecule has 1 amide bonds. The van der Waals surface area contributed by atoms with Crippen LogP contribution < -0.4 is 5.32 Å². The monoisotopic (exact) mass is 324 g/mol. The number of nitrogens with one attached hydrogen (secondary N) is 2. The molecular weight excluding hydrogens is 304 g/mol. The first-order valence-corrected chi connectivity index (χ1v) is 8.19. The van der Waals surface area contributed by atoms with Crippen molar-refractivity contribution in [3.8, 4) is 11.5 Å². The number of aromatic nitrogens is 4. The van der Waals surface area contributed by atoms with Gasteiger partial charge in [-0.3, -0.25) is 9.20 Å². The number of hydrogen-bond donors (Lipinski definition) is 2. The maximum Gasteiger partial charge on any atom is 0.271 e. The Kier molecular flexibility index (Phi) is 3.78. The zero-order valence-corrected chi connectivity index (χ0v) is 13.6. The number of carbonyl (C=O) groups excluding carboxylic acids is 1. The molecule has 24 heavy (non-hydrogen) atoms. The number of fused-ring (bicyclic) bond motifs is 1. The molecule has 0 saturated carbocycles. The summed E-state index contributed by atoms with van der Waals surface area (Å²) in [6.45, 7) is 1.91. The Labute approximate surface area is 139 Å². The van der Waals surface area contributed by atoms with Crippen molar-refractivity contribution in [2.75, 3.05) is 20.1 Å². The van der Waals surface area contributed by atoms with Crippen LogP contribution in [0.4, 0.5) is 0 Å². The quantitative estimate of drug-likeness (QED) is 0.766. The smallest absolute Gasteiger partial charge is 0.271 e. The predicted octanol–water partition coefficient (Wildman–Crippen LogP) is 1.55. The Morgan fingerprint density at radius 2 is 2.08 bits per heavy atom. The molecule has 2 N–H and O–H groups in total. The van der Waals surface area contributed by atoms with Crippen molar-refractivity contribution in [3.63, 3.8) is 0 Å². The zero-order valence-electron chi connectivity index (χ0n) is 13.6. The van der Waals surface area contributed by atoms with Crippen LogP contribution in [0.5, 0.6) is 0 Å². The van der Waals surface area contributed by atoms with E-state index in [4.69, 9.17) is 0 Å². The van der Waals surface area contributed by atoms with Crippen molar-refractivity contribution in [1.29, 1.82) is 0 Å². The number of pyridine rings is 1. The van der Waals surface area contributed by atoms with Crippen molar-refractivity contribution in [1.82, 2.24) is 29.6 Å². The van der Waals surface area contributed by atoms with Gasteiger partial charge in [0.1, 0.15) is 17.0 Å². The fraction of sp³-hybridized carbons (Fsp3) is 0.353. The lowest BCUT2D eigenvalue weighted by atomic mass is 10.1. The van der Waals surface area contributed by atoms with Gasteiger partial charge in [-0.1, -0.05) is 6.07 Å². The van der Waals surface area contributed by atoms with Gasteiger partial charge >= 0.3 is 0 Å². The summed E-state index contributed by atoms with van der Waals surface area (Å²) in [6.07, 6.45) is 7.27. The van der Waals surface area contributed by atoms with E-state index in [2.05, 4.69) is 20.3 Å². The molecule has 0 atom stereocenters. The number of carbonyl (C=O) groups is 1. The van der Waals surface area contributed by atoms with Crippen molar-refractivity contribution in [3.05, 3.63) is 42.5 Å². The first-order valence-electron chi connectivity index (χ1n) is 8.19. The summed E-state index contributed by atoms with van der Waals surface area (Å²) in [5.74, 6) is 0.630. The molecule has 0 aromatic carbocycles. The summed E-state index contributed by atoms with van der Waals surface area (Å²) in [5, 5.41) is 3.32. The van der Waals surface area contributed by atoms with E-state index in [-0.39, 0.29) is 11.9 Å². The lowest BCUT2D eigenvalue weighted by Gasteiger charge is -2.31. The maximum atomic E-state index is 12.7. The third-order valence-corrected chi connectivity index (χ3v) is 4.64. The Morgan fingerprint density at radius 1 is 1.25 bits per heavy atom. The van der Waals surface area contributed by atoms with Gasteiger partial charge in [-0.2, -0.15) is 0 Å². The first-order chi connectivity index (χ1) is 11.7. The van der Waals surface area contributed by atoms with Crippen LogP contribution in [0.2, 0.25) is 0 Å². The van der Waals surface area contributed by atoms with Crippen molar-refractivity contribution in [2.24, 2.45) is 0 Å². The SMILES string of the molecule is CN(C(=O)c1cnc(-c2cnc3ccccn23)[nH]1)C1CCNCC1. The number of amides is 1. The number of aromatic amines is 1. The molecule has 3 aromatic rings. The largest absolute Gasteiger partial charge is 0.337 e. The standard InChI is InChI=1S/C17H20N6O/c1-22(12-5-7-18-8-6-12)17(24)13-10-20-16(21-13)14-11-19-15-4-2-3-9-23(14)15/h2-4,9-12,18H,5-8H2,1H3,(H,20,21). The number of piperidine rings is 1. The Hall–Kier alpha value is -2.67.